The van der Waals surface area contributed by atoms with Gasteiger partial charge in [0.1, 0.15) is 6.04 Å². The minimum absolute atomic E-state index is 0.627. The van der Waals surface area contributed by atoms with Crippen molar-refractivity contribution in [2.45, 2.75) is 13.0 Å². The third-order valence-corrected chi connectivity index (χ3v) is 2.99. The average Bonchev–Trinajstić information content (AvgIpc) is 2.48. The van der Waals surface area contributed by atoms with Gasteiger partial charge in [0.25, 0.3) is 0 Å². The number of anilines is 1. The summed E-state index contributed by atoms with van der Waals surface area (Å²) >= 11 is 0. The van der Waals surface area contributed by atoms with Crippen molar-refractivity contribution in [1.29, 1.82) is 5.26 Å². The van der Waals surface area contributed by atoms with Crippen molar-refractivity contribution in [2.24, 2.45) is 0 Å². The van der Waals surface area contributed by atoms with Crippen molar-refractivity contribution in [3.63, 3.8) is 0 Å². The van der Waals surface area contributed by atoms with E-state index >= 15 is 0 Å². The third kappa shape index (κ3) is 3.15. The molecule has 0 saturated carbocycles. The standard InChI is InChI=1S/C16H14N2O2/c1-11(16(19)20)18-15-8-6-14(7-9-15)13-4-2-12(10-17)3-5-13/h2-9,11,18H,1H3,(H,19,20)/t11-/m0/s1. The SMILES string of the molecule is C[C@H](Nc1ccc(-c2ccc(C#N)cc2)cc1)C(=O)O. The second-order valence-corrected chi connectivity index (χ2v) is 4.47. The van der Waals surface area contributed by atoms with Crippen LogP contribution in [0.5, 0.6) is 0 Å². The first-order chi connectivity index (χ1) is 9.60. The highest BCUT2D eigenvalue weighted by Crippen LogP contribution is 2.22. The van der Waals surface area contributed by atoms with Crippen LogP contribution in [-0.2, 0) is 4.79 Å². The molecular formula is C16H14N2O2. The van der Waals surface area contributed by atoms with Gasteiger partial charge in [-0.3, -0.25) is 4.79 Å². The minimum Gasteiger partial charge on any atom is -0.480 e. The fourth-order valence-electron chi connectivity index (χ4n) is 1.81. The molecule has 1 atom stereocenters. The molecule has 0 saturated heterocycles. The van der Waals surface area contributed by atoms with Crippen LogP contribution in [0.1, 0.15) is 12.5 Å². The van der Waals surface area contributed by atoms with Gasteiger partial charge in [-0.25, -0.2) is 0 Å². The number of nitrogens with zero attached hydrogens (tertiary/aromatic N) is 1. The molecule has 0 amide bonds. The zero-order chi connectivity index (χ0) is 14.5. The number of carboxylic acids is 1. The Morgan fingerprint density at radius 2 is 1.60 bits per heavy atom. The van der Waals surface area contributed by atoms with Crippen LogP contribution < -0.4 is 5.32 Å². The highest BCUT2D eigenvalue weighted by atomic mass is 16.4. The van der Waals surface area contributed by atoms with Gasteiger partial charge in [-0.05, 0) is 42.3 Å². The summed E-state index contributed by atoms with van der Waals surface area (Å²) in [5.74, 6) is -0.888. The first-order valence-electron chi connectivity index (χ1n) is 6.20. The maximum atomic E-state index is 10.8. The number of nitrogens with one attached hydrogen (secondary N) is 1. The van der Waals surface area contributed by atoms with Crippen LogP contribution in [0.4, 0.5) is 5.69 Å². The van der Waals surface area contributed by atoms with Crippen LogP contribution in [0.2, 0.25) is 0 Å². The van der Waals surface area contributed by atoms with Gasteiger partial charge in [-0.1, -0.05) is 24.3 Å². The van der Waals surface area contributed by atoms with Gasteiger partial charge in [0.2, 0.25) is 0 Å². The average molecular weight is 266 g/mol. The van der Waals surface area contributed by atoms with Crippen molar-refractivity contribution < 1.29 is 9.90 Å². The van der Waals surface area contributed by atoms with Gasteiger partial charge in [0.15, 0.2) is 0 Å². The van der Waals surface area contributed by atoms with E-state index in [0.29, 0.717) is 5.56 Å². The molecule has 0 radical (unpaired) electrons. The summed E-state index contributed by atoms with van der Waals surface area (Å²) in [7, 11) is 0. The Labute approximate surface area is 117 Å². The normalized spacial score (nSPS) is 11.4. The molecular weight excluding hydrogens is 252 g/mol. The predicted octanol–water partition coefficient (Wildman–Crippen LogP) is 3.11. The summed E-state index contributed by atoms with van der Waals surface area (Å²) in [6, 6.07) is 16.3. The van der Waals surface area contributed by atoms with E-state index in [4.69, 9.17) is 10.4 Å². The Bertz CT molecular complexity index is 640. The van der Waals surface area contributed by atoms with Crippen LogP contribution >= 0.6 is 0 Å². The molecule has 0 heterocycles. The summed E-state index contributed by atoms with van der Waals surface area (Å²) in [5.41, 5.74) is 3.42. The van der Waals surface area contributed by atoms with Gasteiger partial charge < -0.3 is 10.4 Å². The zero-order valence-corrected chi connectivity index (χ0v) is 11.0. The Kier molecular flexibility index (Phi) is 4.02. The van der Waals surface area contributed by atoms with E-state index in [-0.39, 0.29) is 0 Å². The Morgan fingerprint density at radius 1 is 1.10 bits per heavy atom. The Morgan fingerprint density at radius 3 is 2.05 bits per heavy atom. The molecule has 4 heteroatoms. The number of aliphatic carboxylic acids is 1. The van der Waals surface area contributed by atoms with Crippen LogP contribution in [0.25, 0.3) is 11.1 Å². The van der Waals surface area contributed by atoms with E-state index in [1.54, 1.807) is 19.1 Å². The minimum atomic E-state index is -0.888. The van der Waals surface area contributed by atoms with E-state index in [2.05, 4.69) is 11.4 Å². The molecule has 0 spiro atoms. The number of nitriles is 1. The predicted molar refractivity (Wildman–Crippen MR) is 77.3 cm³/mol. The summed E-state index contributed by atoms with van der Waals surface area (Å²) in [6.07, 6.45) is 0. The van der Waals surface area contributed by atoms with E-state index in [1.807, 2.05) is 36.4 Å². The molecule has 20 heavy (non-hydrogen) atoms. The molecule has 0 fully saturated rings. The second-order valence-electron chi connectivity index (χ2n) is 4.47. The summed E-state index contributed by atoms with van der Waals surface area (Å²) < 4.78 is 0. The smallest absolute Gasteiger partial charge is 0.325 e. The summed E-state index contributed by atoms with van der Waals surface area (Å²) in [5, 5.41) is 20.5. The zero-order valence-electron chi connectivity index (χ0n) is 11.0. The van der Waals surface area contributed by atoms with Crippen molar-refractivity contribution in [3.05, 3.63) is 54.1 Å². The van der Waals surface area contributed by atoms with E-state index < -0.39 is 12.0 Å². The number of hydrogen-bond donors (Lipinski definition) is 2. The van der Waals surface area contributed by atoms with E-state index in [1.165, 1.54) is 0 Å². The van der Waals surface area contributed by atoms with Crippen molar-refractivity contribution >= 4 is 11.7 Å². The lowest BCUT2D eigenvalue weighted by Gasteiger charge is -2.11. The van der Waals surface area contributed by atoms with Crippen molar-refractivity contribution in [3.8, 4) is 17.2 Å². The summed E-state index contributed by atoms with van der Waals surface area (Å²) in [4.78, 5) is 10.8. The van der Waals surface area contributed by atoms with E-state index in [0.717, 1.165) is 16.8 Å². The molecule has 2 aromatic carbocycles. The fourth-order valence-corrected chi connectivity index (χ4v) is 1.81. The van der Waals surface area contributed by atoms with Crippen molar-refractivity contribution in [1.82, 2.24) is 0 Å². The van der Waals surface area contributed by atoms with Gasteiger partial charge in [-0.15, -0.1) is 0 Å². The number of hydrogen-bond acceptors (Lipinski definition) is 3. The monoisotopic (exact) mass is 266 g/mol. The molecule has 0 aliphatic carbocycles. The largest absolute Gasteiger partial charge is 0.480 e. The molecule has 100 valence electrons. The molecule has 0 aliphatic rings. The highest BCUT2D eigenvalue weighted by molar-refractivity contribution is 5.77. The molecule has 0 aromatic heterocycles. The lowest BCUT2D eigenvalue weighted by Crippen LogP contribution is -2.25. The van der Waals surface area contributed by atoms with Crippen LogP contribution in [-0.4, -0.2) is 17.1 Å². The van der Waals surface area contributed by atoms with Crippen LogP contribution in [0, 0.1) is 11.3 Å². The van der Waals surface area contributed by atoms with Gasteiger partial charge in [0, 0.05) is 5.69 Å². The van der Waals surface area contributed by atoms with E-state index in [9.17, 15) is 4.79 Å². The van der Waals surface area contributed by atoms with Crippen LogP contribution in [0.15, 0.2) is 48.5 Å². The summed E-state index contributed by atoms with van der Waals surface area (Å²) in [6.45, 7) is 1.59. The first kappa shape index (κ1) is 13.6. The molecule has 0 aliphatic heterocycles. The van der Waals surface area contributed by atoms with Gasteiger partial charge >= 0.3 is 5.97 Å². The molecule has 2 rings (SSSR count). The maximum absolute atomic E-state index is 10.8. The number of benzene rings is 2. The van der Waals surface area contributed by atoms with Crippen molar-refractivity contribution in [2.75, 3.05) is 5.32 Å². The molecule has 2 aromatic rings. The van der Waals surface area contributed by atoms with Gasteiger partial charge in [-0.2, -0.15) is 5.26 Å². The molecule has 0 bridgehead atoms. The Balaban J connectivity index is 2.15. The molecule has 0 unspecified atom stereocenters. The molecule has 2 N–H and O–H groups in total. The first-order valence-corrected chi connectivity index (χ1v) is 6.20. The lowest BCUT2D eigenvalue weighted by molar-refractivity contribution is -0.137. The quantitative estimate of drug-likeness (QED) is 0.891. The number of carboxylic acid groups (broad SMARTS) is 1. The molecule has 4 nitrogen and oxygen atoms in total. The fraction of sp³-hybridized carbons (Fsp3) is 0.125. The maximum Gasteiger partial charge on any atom is 0.325 e. The topological polar surface area (TPSA) is 73.1 Å². The third-order valence-electron chi connectivity index (χ3n) is 2.99. The number of rotatable bonds is 4. The highest BCUT2D eigenvalue weighted by Gasteiger charge is 2.09. The van der Waals surface area contributed by atoms with Crippen LogP contribution in [0.3, 0.4) is 0 Å². The lowest BCUT2D eigenvalue weighted by atomic mass is 10.0. The Hall–Kier alpha value is -2.80. The number of carbonyl (C=O) groups is 1. The van der Waals surface area contributed by atoms with Gasteiger partial charge in [0.05, 0.1) is 11.6 Å². The second kappa shape index (κ2) is 5.89.